The Balaban J connectivity index is 1.56. The van der Waals surface area contributed by atoms with Gasteiger partial charge in [-0.25, -0.2) is 4.79 Å². The second-order valence-corrected chi connectivity index (χ2v) is 7.38. The van der Waals surface area contributed by atoms with Gasteiger partial charge in [-0.15, -0.1) is 0 Å². The largest absolute Gasteiger partial charge is 0.444 e. The molecule has 1 N–H and O–H groups in total. The van der Waals surface area contributed by atoms with Crippen LogP contribution < -0.4 is 5.32 Å². The fourth-order valence-electron chi connectivity index (χ4n) is 3.58. The maximum Gasteiger partial charge on any atom is 0.407 e. The summed E-state index contributed by atoms with van der Waals surface area (Å²) in [5, 5.41) is 3.01. The predicted molar refractivity (Wildman–Crippen MR) is 86.9 cm³/mol. The molecule has 0 radical (unpaired) electrons. The van der Waals surface area contributed by atoms with Gasteiger partial charge in [0.15, 0.2) is 0 Å². The third-order valence-corrected chi connectivity index (χ3v) is 4.48. The summed E-state index contributed by atoms with van der Waals surface area (Å²) in [6.07, 6.45) is 3.06. The minimum Gasteiger partial charge on any atom is -0.444 e. The summed E-state index contributed by atoms with van der Waals surface area (Å²) in [6, 6.07) is 9.45. The number of benzene rings is 1. The smallest absolute Gasteiger partial charge is 0.407 e. The number of aryl methyl sites for hydroxylation is 1. The first-order valence-electron chi connectivity index (χ1n) is 8.24. The number of hydrogen-bond donors (Lipinski definition) is 1. The molecule has 120 valence electrons. The summed E-state index contributed by atoms with van der Waals surface area (Å²) in [5.41, 5.74) is 2.52. The Morgan fingerprint density at radius 3 is 2.82 bits per heavy atom. The molecule has 1 saturated heterocycles. The molecule has 0 saturated carbocycles. The number of alkyl carbamates (subject to hydrolysis) is 1. The Hall–Kier alpha value is -1.55. The van der Waals surface area contributed by atoms with E-state index in [0.29, 0.717) is 6.04 Å². The molecule has 1 aliphatic heterocycles. The number of rotatable bonds is 2. The van der Waals surface area contributed by atoms with Crippen LogP contribution in [0.15, 0.2) is 24.3 Å². The number of carbonyl (C=O) groups excluding carboxylic acids is 1. The van der Waals surface area contributed by atoms with Gasteiger partial charge in [-0.1, -0.05) is 24.3 Å². The number of ether oxygens (including phenoxy) is 1. The first-order valence-corrected chi connectivity index (χ1v) is 8.24. The Morgan fingerprint density at radius 1 is 1.27 bits per heavy atom. The van der Waals surface area contributed by atoms with Crippen LogP contribution in [0.5, 0.6) is 0 Å². The molecule has 0 spiro atoms. The summed E-state index contributed by atoms with van der Waals surface area (Å²) in [4.78, 5) is 14.4. The van der Waals surface area contributed by atoms with Crippen molar-refractivity contribution in [2.45, 2.75) is 57.7 Å². The van der Waals surface area contributed by atoms with Crippen molar-refractivity contribution in [2.24, 2.45) is 0 Å². The SMILES string of the molecule is CC(C)(C)OC(=O)N[C@H]1CCN([C@@H]2CCc3ccccc32)C1. The van der Waals surface area contributed by atoms with Crippen molar-refractivity contribution < 1.29 is 9.53 Å². The molecule has 22 heavy (non-hydrogen) atoms. The molecule has 4 heteroatoms. The molecule has 4 nitrogen and oxygen atoms in total. The lowest BCUT2D eigenvalue weighted by Crippen LogP contribution is -2.40. The van der Waals surface area contributed by atoms with E-state index >= 15 is 0 Å². The molecule has 1 fully saturated rings. The minimum atomic E-state index is -0.438. The second-order valence-electron chi connectivity index (χ2n) is 7.38. The molecule has 0 aromatic heterocycles. The molecule has 2 aliphatic rings. The Kier molecular flexibility index (Phi) is 4.13. The van der Waals surface area contributed by atoms with E-state index in [1.54, 1.807) is 0 Å². The first-order chi connectivity index (χ1) is 10.4. The molecule has 1 aromatic rings. The maximum absolute atomic E-state index is 11.9. The topological polar surface area (TPSA) is 41.6 Å². The molecule has 1 amide bonds. The Morgan fingerprint density at radius 2 is 2.05 bits per heavy atom. The van der Waals surface area contributed by atoms with Crippen LogP contribution in [0.1, 0.15) is 50.8 Å². The van der Waals surface area contributed by atoms with Crippen LogP contribution in [-0.2, 0) is 11.2 Å². The van der Waals surface area contributed by atoms with Crippen LogP contribution in [-0.4, -0.2) is 35.7 Å². The van der Waals surface area contributed by atoms with Crippen molar-refractivity contribution in [3.8, 4) is 0 Å². The van der Waals surface area contributed by atoms with E-state index < -0.39 is 5.60 Å². The van der Waals surface area contributed by atoms with Crippen molar-refractivity contribution in [1.29, 1.82) is 0 Å². The molecule has 1 aliphatic carbocycles. The van der Waals surface area contributed by atoms with Crippen molar-refractivity contribution in [3.63, 3.8) is 0 Å². The van der Waals surface area contributed by atoms with E-state index in [-0.39, 0.29) is 12.1 Å². The number of nitrogens with one attached hydrogen (secondary N) is 1. The van der Waals surface area contributed by atoms with Crippen molar-refractivity contribution in [2.75, 3.05) is 13.1 Å². The van der Waals surface area contributed by atoms with Crippen LogP contribution in [0.4, 0.5) is 4.79 Å². The van der Waals surface area contributed by atoms with Crippen LogP contribution in [0.25, 0.3) is 0 Å². The number of carbonyl (C=O) groups is 1. The summed E-state index contributed by atoms with van der Waals surface area (Å²) >= 11 is 0. The van der Waals surface area contributed by atoms with Gasteiger partial charge >= 0.3 is 6.09 Å². The van der Waals surface area contributed by atoms with Gasteiger partial charge in [0.1, 0.15) is 5.60 Å². The van der Waals surface area contributed by atoms with Crippen molar-refractivity contribution in [1.82, 2.24) is 10.2 Å². The lowest BCUT2D eigenvalue weighted by molar-refractivity contribution is 0.0504. The number of nitrogens with zero attached hydrogens (tertiary/aromatic N) is 1. The molecule has 1 heterocycles. The Bertz CT molecular complexity index is 550. The summed E-state index contributed by atoms with van der Waals surface area (Å²) in [5.74, 6) is 0. The molecule has 0 unspecified atom stereocenters. The number of amides is 1. The highest BCUT2D eigenvalue weighted by molar-refractivity contribution is 5.68. The van der Waals surface area contributed by atoms with Crippen molar-refractivity contribution in [3.05, 3.63) is 35.4 Å². The molecule has 1 aromatic carbocycles. The fraction of sp³-hybridized carbons (Fsp3) is 0.611. The minimum absolute atomic E-state index is 0.197. The average molecular weight is 302 g/mol. The lowest BCUT2D eigenvalue weighted by atomic mass is 10.1. The normalized spacial score (nSPS) is 25.0. The number of fused-ring (bicyclic) bond motifs is 1. The number of likely N-dealkylation sites (tertiary alicyclic amines) is 1. The van der Waals surface area contributed by atoms with E-state index in [2.05, 4.69) is 34.5 Å². The monoisotopic (exact) mass is 302 g/mol. The van der Waals surface area contributed by atoms with Crippen LogP contribution in [0, 0.1) is 0 Å². The molecule has 2 atom stereocenters. The predicted octanol–water partition coefficient (Wildman–Crippen LogP) is 3.27. The molecular formula is C18H26N2O2. The second kappa shape index (κ2) is 5.92. The highest BCUT2D eigenvalue weighted by atomic mass is 16.6. The zero-order valence-electron chi connectivity index (χ0n) is 13.8. The van der Waals surface area contributed by atoms with E-state index in [4.69, 9.17) is 4.74 Å². The lowest BCUT2D eigenvalue weighted by Gasteiger charge is -2.25. The van der Waals surface area contributed by atoms with Crippen LogP contribution in [0.2, 0.25) is 0 Å². The maximum atomic E-state index is 11.9. The van der Waals surface area contributed by atoms with E-state index in [1.165, 1.54) is 24.0 Å². The van der Waals surface area contributed by atoms with Crippen molar-refractivity contribution >= 4 is 6.09 Å². The molecular weight excluding hydrogens is 276 g/mol. The third kappa shape index (κ3) is 3.43. The van der Waals surface area contributed by atoms with Gasteiger partial charge < -0.3 is 10.1 Å². The highest BCUT2D eigenvalue weighted by Gasteiger charge is 2.33. The van der Waals surface area contributed by atoms with E-state index in [9.17, 15) is 4.79 Å². The highest BCUT2D eigenvalue weighted by Crippen LogP contribution is 2.37. The first kappa shape index (κ1) is 15.3. The zero-order valence-corrected chi connectivity index (χ0v) is 13.8. The summed E-state index contributed by atoms with van der Waals surface area (Å²) in [6.45, 7) is 7.63. The summed E-state index contributed by atoms with van der Waals surface area (Å²) in [7, 11) is 0. The molecule has 0 bridgehead atoms. The number of hydrogen-bond acceptors (Lipinski definition) is 3. The summed E-state index contributed by atoms with van der Waals surface area (Å²) < 4.78 is 5.35. The van der Waals surface area contributed by atoms with Gasteiger partial charge in [-0.05, 0) is 51.2 Å². The third-order valence-electron chi connectivity index (χ3n) is 4.48. The van der Waals surface area contributed by atoms with Gasteiger partial charge in [-0.3, -0.25) is 4.90 Å². The average Bonchev–Trinajstić information content (AvgIpc) is 3.02. The van der Waals surface area contributed by atoms with Gasteiger partial charge in [0.2, 0.25) is 0 Å². The van der Waals surface area contributed by atoms with E-state index in [1.807, 2.05) is 20.8 Å². The molecule has 3 rings (SSSR count). The Labute approximate surface area is 132 Å². The van der Waals surface area contributed by atoms with Crippen LogP contribution in [0.3, 0.4) is 0 Å². The van der Waals surface area contributed by atoms with Gasteiger partial charge in [0, 0.05) is 25.2 Å². The van der Waals surface area contributed by atoms with Gasteiger partial charge in [0.05, 0.1) is 0 Å². The van der Waals surface area contributed by atoms with E-state index in [0.717, 1.165) is 19.5 Å². The standard InChI is InChI=1S/C18H26N2O2/c1-18(2,3)22-17(21)19-14-10-11-20(12-14)16-9-8-13-6-4-5-7-15(13)16/h4-7,14,16H,8-12H2,1-3H3,(H,19,21)/t14-,16+/m0/s1. The van der Waals surface area contributed by atoms with Gasteiger partial charge in [0.25, 0.3) is 0 Å². The van der Waals surface area contributed by atoms with Gasteiger partial charge in [-0.2, -0.15) is 0 Å². The quantitative estimate of drug-likeness (QED) is 0.911. The van der Waals surface area contributed by atoms with Crippen LogP contribution >= 0.6 is 0 Å². The fourth-order valence-corrected chi connectivity index (χ4v) is 3.58. The zero-order chi connectivity index (χ0) is 15.7.